The molecule has 0 spiro atoms. The molecule has 2 amide bonds. The monoisotopic (exact) mass is 437 g/mol. The van der Waals surface area contributed by atoms with Gasteiger partial charge in [0.25, 0.3) is 0 Å². The number of carbonyl (C=O) groups is 1. The molecule has 0 bridgehead atoms. The van der Waals surface area contributed by atoms with Crippen LogP contribution in [0.2, 0.25) is 0 Å². The third kappa shape index (κ3) is 4.42. The number of rotatable bonds is 2. The number of nitrogens with zero attached hydrogens (tertiary/aromatic N) is 2. The quantitative estimate of drug-likeness (QED) is 0.562. The van der Waals surface area contributed by atoms with Crippen molar-refractivity contribution in [2.75, 3.05) is 18.5 Å². The lowest BCUT2D eigenvalue weighted by atomic mass is 9.85. The summed E-state index contributed by atoms with van der Waals surface area (Å²) in [5.74, 6) is -1.52. The number of urea groups is 1. The van der Waals surface area contributed by atoms with E-state index in [4.69, 9.17) is 4.74 Å². The number of pyridine rings is 1. The van der Waals surface area contributed by atoms with E-state index in [1.54, 1.807) is 17.2 Å². The molecule has 0 aliphatic carbocycles. The Balaban J connectivity index is 1.72. The van der Waals surface area contributed by atoms with Crippen molar-refractivity contribution in [2.24, 2.45) is 0 Å². The van der Waals surface area contributed by atoms with E-state index in [2.05, 4.69) is 43.2 Å². The third-order valence-electron chi connectivity index (χ3n) is 5.50. The van der Waals surface area contributed by atoms with Crippen molar-refractivity contribution in [1.29, 1.82) is 0 Å². The Hall–Kier alpha value is -3.48. The van der Waals surface area contributed by atoms with Crippen molar-refractivity contribution >= 4 is 11.7 Å². The summed E-state index contributed by atoms with van der Waals surface area (Å²) >= 11 is 0. The summed E-state index contributed by atoms with van der Waals surface area (Å²) in [6.45, 7) is 6.97. The number of nitrogens with one attached hydrogen (secondary N) is 1. The lowest BCUT2D eigenvalue weighted by Gasteiger charge is -2.31. The van der Waals surface area contributed by atoms with Crippen LogP contribution in [0.15, 0.2) is 60.8 Å². The van der Waals surface area contributed by atoms with E-state index < -0.39 is 23.7 Å². The maximum Gasteiger partial charge on any atom is 0.322 e. The standard InChI is InChI=1S/C25H25F2N3O2/c1-25(2,3)17-8-6-16(7-9-17)22-19-5-4-12-28-23(19)32-14-13-30(22)24(31)29-18-10-11-20(26)21(27)15-18/h4-12,15,22H,13-14H2,1-3H3,(H,29,31). The van der Waals surface area contributed by atoms with Crippen LogP contribution in [0.3, 0.4) is 0 Å². The number of hydrogen-bond acceptors (Lipinski definition) is 3. The molecule has 0 saturated heterocycles. The summed E-state index contributed by atoms with van der Waals surface area (Å²) in [4.78, 5) is 19.2. The van der Waals surface area contributed by atoms with Gasteiger partial charge in [-0.25, -0.2) is 18.6 Å². The van der Waals surface area contributed by atoms with Crippen molar-refractivity contribution in [3.05, 3.63) is 89.1 Å². The van der Waals surface area contributed by atoms with Gasteiger partial charge in [0.05, 0.1) is 12.6 Å². The molecule has 1 unspecified atom stereocenters. The normalized spacial score (nSPS) is 16.0. The van der Waals surface area contributed by atoms with Crippen LogP contribution in [0.25, 0.3) is 0 Å². The molecule has 0 fully saturated rings. The summed E-state index contributed by atoms with van der Waals surface area (Å²) in [5, 5.41) is 2.68. The zero-order chi connectivity index (χ0) is 22.9. The van der Waals surface area contributed by atoms with Crippen LogP contribution >= 0.6 is 0 Å². The lowest BCUT2D eigenvalue weighted by molar-refractivity contribution is 0.189. The fourth-order valence-electron chi connectivity index (χ4n) is 3.78. The summed E-state index contributed by atoms with van der Waals surface area (Å²) < 4.78 is 32.7. The summed E-state index contributed by atoms with van der Waals surface area (Å²) in [6, 6.07) is 14.2. The van der Waals surface area contributed by atoms with Gasteiger partial charge in [-0.05, 0) is 40.8 Å². The molecule has 1 N–H and O–H groups in total. The number of fused-ring (bicyclic) bond motifs is 1. The molecular weight excluding hydrogens is 412 g/mol. The van der Waals surface area contributed by atoms with E-state index in [9.17, 15) is 13.6 Å². The Bertz CT molecular complexity index is 1130. The van der Waals surface area contributed by atoms with Crippen LogP contribution in [0.5, 0.6) is 5.88 Å². The van der Waals surface area contributed by atoms with Gasteiger partial charge in [0.1, 0.15) is 6.61 Å². The molecule has 1 aromatic heterocycles. The Morgan fingerprint density at radius 2 is 1.84 bits per heavy atom. The van der Waals surface area contributed by atoms with Crippen molar-refractivity contribution in [2.45, 2.75) is 32.2 Å². The Labute approximate surface area is 186 Å². The summed E-state index contributed by atoms with van der Waals surface area (Å²) in [5.41, 5.74) is 3.00. The van der Waals surface area contributed by atoms with E-state index in [0.717, 1.165) is 23.3 Å². The molecule has 1 aliphatic rings. The highest BCUT2D eigenvalue weighted by Gasteiger charge is 2.32. The van der Waals surface area contributed by atoms with E-state index in [1.807, 2.05) is 18.2 Å². The van der Waals surface area contributed by atoms with Crippen LogP contribution in [0, 0.1) is 11.6 Å². The number of carbonyl (C=O) groups excluding carboxylic acids is 1. The van der Waals surface area contributed by atoms with Gasteiger partial charge >= 0.3 is 6.03 Å². The molecule has 0 radical (unpaired) electrons. The number of aromatic nitrogens is 1. The average Bonchev–Trinajstić information content (AvgIpc) is 2.95. The largest absolute Gasteiger partial charge is 0.476 e. The highest BCUT2D eigenvalue weighted by atomic mass is 19.2. The molecular formula is C25H25F2N3O2. The van der Waals surface area contributed by atoms with E-state index in [1.165, 1.54) is 11.6 Å². The highest BCUT2D eigenvalue weighted by molar-refractivity contribution is 5.90. The molecule has 4 rings (SSSR count). The fraction of sp³-hybridized carbons (Fsp3) is 0.280. The van der Waals surface area contributed by atoms with Gasteiger partial charge in [-0.3, -0.25) is 0 Å². The van der Waals surface area contributed by atoms with Crippen LogP contribution < -0.4 is 10.1 Å². The second kappa shape index (κ2) is 8.57. The molecule has 2 heterocycles. The summed E-state index contributed by atoms with van der Waals surface area (Å²) in [7, 11) is 0. The van der Waals surface area contributed by atoms with Crippen molar-refractivity contribution in [1.82, 2.24) is 9.88 Å². The average molecular weight is 437 g/mol. The fourth-order valence-corrected chi connectivity index (χ4v) is 3.78. The topological polar surface area (TPSA) is 54.5 Å². The number of benzene rings is 2. The van der Waals surface area contributed by atoms with E-state index >= 15 is 0 Å². The number of amides is 2. The Kier molecular flexibility index (Phi) is 5.82. The second-order valence-corrected chi connectivity index (χ2v) is 8.77. The third-order valence-corrected chi connectivity index (χ3v) is 5.50. The molecule has 1 atom stereocenters. The smallest absolute Gasteiger partial charge is 0.322 e. The minimum absolute atomic E-state index is 0.00568. The molecule has 7 heteroatoms. The van der Waals surface area contributed by atoms with Gasteiger partial charge < -0.3 is 15.0 Å². The van der Waals surface area contributed by atoms with E-state index in [0.29, 0.717) is 5.88 Å². The summed E-state index contributed by atoms with van der Waals surface area (Å²) in [6.07, 6.45) is 1.65. The van der Waals surface area contributed by atoms with Gasteiger partial charge in [0, 0.05) is 23.5 Å². The first kappa shape index (κ1) is 21.7. The van der Waals surface area contributed by atoms with Crippen molar-refractivity contribution in [3.8, 4) is 5.88 Å². The second-order valence-electron chi connectivity index (χ2n) is 8.77. The van der Waals surface area contributed by atoms with Crippen LogP contribution in [0.4, 0.5) is 19.3 Å². The zero-order valence-electron chi connectivity index (χ0n) is 18.2. The van der Waals surface area contributed by atoms with Crippen LogP contribution in [-0.2, 0) is 5.41 Å². The maximum atomic E-state index is 13.6. The molecule has 0 saturated carbocycles. The Morgan fingerprint density at radius 1 is 1.09 bits per heavy atom. The Morgan fingerprint density at radius 3 is 2.53 bits per heavy atom. The number of halogens is 2. The van der Waals surface area contributed by atoms with Gasteiger partial charge in [-0.2, -0.15) is 0 Å². The van der Waals surface area contributed by atoms with Gasteiger partial charge in [-0.1, -0.05) is 45.0 Å². The molecule has 2 aromatic carbocycles. The predicted molar refractivity (Wildman–Crippen MR) is 119 cm³/mol. The van der Waals surface area contributed by atoms with Gasteiger partial charge in [0.15, 0.2) is 11.6 Å². The van der Waals surface area contributed by atoms with Crippen molar-refractivity contribution in [3.63, 3.8) is 0 Å². The van der Waals surface area contributed by atoms with Crippen LogP contribution in [-0.4, -0.2) is 29.1 Å². The molecule has 5 nitrogen and oxygen atoms in total. The van der Waals surface area contributed by atoms with Crippen LogP contribution in [0.1, 0.15) is 43.5 Å². The van der Waals surface area contributed by atoms with Crippen molar-refractivity contribution < 1.29 is 18.3 Å². The molecule has 1 aliphatic heterocycles. The first-order valence-electron chi connectivity index (χ1n) is 10.4. The number of hydrogen-bond donors (Lipinski definition) is 1. The molecule has 166 valence electrons. The lowest BCUT2D eigenvalue weighted by Crippen LogP contribution is -2.39. The maximum absolute atomic E-state index is 13.6. The number of ether oxygens (including phenoxy) is 1. The molecule has 32 heavy (non-hydrogen) atoms. The minimum atomic E-state index is -1.02. The first-order chi connectivity index (χ1) is 15.2. The zero-order valence-corrected chi connectivity index (χ0v) is 18.2. The van der Waals surface area contributed by atoms with E-state index in [-0.39, 0.29) is 24.3 Å². The SMILES string of the molecule is CC(C)(C)c1ccc(C2c3cccnc3OCCN2C(=O)Nc2ccc(F)c(F)c2)cc1. The predicted octanol–water partition coefficient (Wildman–Crippen LogP) is 5.67. The number of anilines is 1. The molecule has 3 aromatic rings. The highest BCUT2D eigenvalue weighted by Crippen LogP contribution is 2.36. The van der Waals surface area contributed by atoms with Gasteiger partial charge in [0.2, 0.25) is 5.88 Å². The minimum Gasteiger partial charge on any atom is -0.476 e. The first-order valence-corrected chi connectivity index (χ1v) is 10.4. The van der Waals surface area contributed by atoms with Gasteiger partial charge in [-0.15, -0.1) is 0 Å².